The van der Waals surface area contributed by atoms with Crippen LogP contribution < -0.4 is 0 Å². The summed E-state index contributed by atoms with van der Waals surface area (Å²) in [6, 6.07) is 0.144. The number of halogens is 3. The molecule has 1 aliphatic rings. The van der Waals surface area contributed by atoms with Crippen LogP contribution in [0, 0.1) is 5.41 Å². The summed E-state index contributed by atoms with van der Waals surface area (Å²) >= 11 is 0. The van der Waals surface area contributed by atoms with E-state index in [0.29, 0.717) is 5.41 Å². The molecule has 96 valence electrons. The summed E-state index contributed by atoms with van der Waals surface area (Å²) in [5.41, 5.74) is -0.322. The van der Waals surface area contributed by atoms with Crippen LogP contribution in [0.2, 0.25) is 0 Å². The standard InChI is InChI=1S/C12H17F3N2/c1-3-11(4-2)5-10(6-11)17-8-9(7-16-17)12(13,14)15/h7-8,10H,3-6H2,1-2H3. The highest BCUT2D eigenvalue weighted by Gasteiger charge is 2.43. The molecule has 1 heterocycles. The van der Waals surface area contributed by atoms with Gasteiger partial charge in [0.05, 0.1) is 17.8 Å². The Morgan fingerprint density at radius 2 is 1.94 bits per heavy atom. The van der Waals surface area contributed by atoms with Crippen LogP contribution in [-0.2, 0) is 6.18 Å². The van der Waals surface area contributed by atoms with E-state index in [2.05, 4.69) is 18.9 Å². The maximum atomic E-state index is 12.4. The van der Waals surface area contributed by atoms with Gasteiger partial charge in [0.2, 0.25) is 0 Å². The molecule has 0 saturated heterocycles. The van der Waals surface area contributed by atoms with Crippen molar-refractivity contribution in [1.82, 2.24) is 9.78 Å². The van der Waals surface area contributed by atoms with Crippen molar-refractivity contribution >= 4 is 0 Å². The molecule has 1 aromatic heterocycles. The molecule has 1 aromatic rings. The van der Waals surface area contributed by atoms with Gasteiger partial charge < -0.3 is 0 Å². The maximum absolute atomic E-state index is 12.4. The summed E-state index contributed by atoms with van der Waals surface area (Å²) < 4.78 is 38.7. The third-order valence-corrected chi connectivity index (χ3v) is 4.14. The lowest BCUT2D eigenvalue weighted by atomic mass is 9.62. The average molecular weight is 246 g/mol. The van der Waals surface area contributed by atoms with Gasteiger partial charge in [-0.2, -0.15) is 18.3 Å². The van der Waals surface area contributed by atoms with E-state index in [9.17, 15) is 13.2 Å². The van der Waals surface area contributed by atoms with Gasteiger partial charge in [0, 0.05) is 6.20 Å². The average Bonchev–Trinajstić information content (AvgIpc) is 2.66. The minimum absolute atomic E-state index is 0.144. The van der Waals surface area contributed by atoms with Crippen molar-refractivity contribution in [3.63, 3.8) is 0 Å². The zero-order valence-corrected chi connectivity index (χ0v) is 10.1. The molecule has 5 heteroatoms. The summed E-state index contributed by atoms with van der Waals surface area (Å²) in [7, 11) is 0. The summed E-state index contributed by atoms with van der Waals surface area (Å²) in [5.74, 6) is 0. The molecule has 2 nitrogen and oxygen atoms in total. The smallest absolute Gasteiger partial charge is 0.269 e. The second kappa shape index (κ2) is 4.03. The van der Waals surface area contributed by atoms with Crippen molar-refractivity contribution in [2.75, 3.05) is 0 Å². The van der Waals surface area contributed by atoms with Crippen molar-refractivity contribution in [1.29, 1.82) is 0 Å². The van der Waals surface area contributed by atoms with Crippen LogP contribution in [0.1, 0.15) is 51.1 Å². The summed E-state index contributed by atoms with van der Waals surface area (Å²) in [5, 5.41) is 3.84. The number of aromatic nitrogens is 2. The molecule has 0 aromatic carbocycles. The minimum Gasteiger partial charge on any atom is -0.269 e. The molecule has 0 amide bonds. The van der Waals surface area contributed by atoms with Gasteiger partial charge in [-0.05, 0) is 18.3 Å². The molecule has 0 N–H and O–H groups in total. The lowest BCUT2D eigenvalue weighted by Crippen LogP contribution is -2.37. The van der Waals surface area contributed by atoms with E-state index < -0.39 is 11.7 Å². The normalized spacial score (nSPS) is 20.3. The second-order valence-corrected chi connectivity index (χ2v) is 4.98. The van der Waals surface area contributed by atoms with Crippen molar-refractivity contribution < 1.29 is 13.2 Å². The third-order valence-electron chi connectivity index (χ3n) is 4.14. The zero-order valence-electron chi connectivity index (χ0n) is 10.1. The van der Waals surface area contributed by atoms with Crippen LogP contribution >= 0.6 is 0 Å². The highest BCUT2D eigenvalue weighted by molar-refractivity contribution is 5.10. The Bertz CT molecular complexity index is 383. The van der Waals surface area contributed by atoms with Gasteiger partial charge in [-0.15, -0.1) is 0 Å². The monoisotopic (exact) mass is 246 g/mol. The van der Waals surface area contributed by atoms with Crippen molar-refractivity contribution in [2.24, 2.45) is 5.41 Å². The van der Waals surface area contributed by atoms with Crippen LogP contribution in [0.3, 0.4) is 0 Å². The van der Waals surface area contributed by atoms with Gasteiger partial charge in [0.1, 0.15) is 0 Å². The van der Waals surface area contributed by atoms with Crippen LogP contribution in [0.15, 0.2) is 12.4 Å². The third kappa shape index (κ3) is 2.19. The van der Waals surface area contributed by atoms with Crippen LogP contribution in [0.25, 0.3) is 0 Å². The first-order valence-corrected chi connectivity index (χ1v) is 6.01. The molecule has 1 aliphatic carbocycles. The number of hydrogen-bond donors (Lipinski definition) is 0. The molecule has 1 saturated carbocycles. The van der Waals surface area contributed by atoms with Gasteiger partial charge in [-0.25, -0.2) is 0 Å². The second-order valence-electron chi connectivity index (χ2n) is 4.98. The van der Waals surface area contributed by atoms with E-state index in [1.807, 2.05) is 0 Å². The molecule has 0 radical (unpaired) electrons. The van der Waals surface area contributed by atoms with Gasteiger partial charge in [-0.1, -0.05) is 26.7 Å². The van der Waals surface area contributed by atoms with Crippen LogP contribution in [0.4, 0.5) is 13.2 Å². The molecule has 0 aliphatic heterocycles. The molecule has 2 rings (SSSR count). The molecule has 0 bridgehead atoms. The van der Waals surface area contributed by atoms with E-state index >= 15 is 0 Å². The Kier molecular flexibility index (Phi) is 2.96. The molecular formula is C12H17F3N2. The Labute approximate surface area is 98.8 Å². The maximum Gasteiger partial charge on any atom is 0.419 e. The van der Waals surface area contributed by atoms with E-state index in [1.165, 1.54) is 4.68 Å². The van der Waals surface area contributed by atoms with Crippen LogP contribution in [0.5, 0.6) is 0 Å². The van der Waals surface area contributed by atoms with E-state index in [1.54, 1.807) is 0 Å². The predicted octanol–water partition coefficient (Wildman–Crippen LogP) is 4.04. The van der Waals surface area contributed by atoms with Gasteiger partial charge in [0.15, 0.2) is 0 Å². The molecule has 17 heavy (non-hydrogen) atoms. The van der Waals surface area contributed by atoms with Gasteiger partial charge in [-0.3, -0.25) is 4.68 Å². The van der Waals surface area contributed by atoms with Crippen molar-refractivity contribution in [3.8, 4) is 0 Å². The quantitative estimate of drug-likeness (QED) is 0.787. The molecular weight excluding hydrogens is 229 g/mol. The van der Waals surface area contributed by atoms with E-state index in [0.717, 1.165) is 38.1 Å². The van der Waals surface area contributed by atoms with E-state index in [4.69, 9.17) is 0 Å². The zero-order chi connectivity index (χ0) is 12.7. The summed E-state index contributed by atoms with van der Waals surface area (Å²) in [4.78, 5) is 0. The largest absolute Gasteiger partial charge is 0.419 e. The first-order chi connectivity index (χ1) is 7.90. The van der Waals surface area contributed by atoms with Crippen LogP contribution in [-0.4, -0.2) is 9.78 Å². The lowest BCUT2D eigenvalue weighted by Gasteiger charge is -2.47. The first kappa shape index (κ1) is 12.5. The number of rotatable bonds is 3. The predicted molar refractivity (Wildman–Crippen MR) is 58.5 cm³/mol. The molecule has 0 atom stereocenters. The Balaban J connectivity index is 2.05. The summed E-state index contributed by atoms with van der Waals surface area (Å²) in [6.07, 6.45) is 1.82. The van der Waals surface area contributed by atoms with Crippen molar-refractivity contribution in [3.05, 3.63) is 18.0 Å². The first-order valence-electron chi connectivity index (χ1n) is 6.01. The molecule has 0 unspecified atom stereocenters. The number of alkyl halides is 3. The Morgan fingerprint density at radius 3 is 2.35 bits per heavy atom. The fourth-order valence-corrected chi connectivity index (χ4v) is 2.64. The lowest BCUT2D eigenvalue weighted by molar-refractivity contribution is -0.137. The van der Waals surface area contributed by atoms with Gasteiger partial charge in [0.25, 0.3) is 0 Å². The SMILES string of the molecule is CCC1(CC)CC(n2cc(C(F)(F)F)cn2)C1. The molecule has 1 fully saturated rings. The Hall–Kier alpha value is -1.00. The topological polar surface area (TPSA) is 17.8 Å². The fourth-order valence-electron chi connectivity index (χ4n) is 2.64. The van der Waals surface area contributed by atoms with E-state index in [-0.39, 0.29) is 6.04 Å². The highest BCUT2D eigenvalue weighted by Crippen LogP contribution is 2.52. The molecule has 0 spiro atoms. The summed E-state index contributed by atoms with van der Waals surface area (Å²) in [6.45, 7) is 4.29. The Morgan fingerprint density at radius 1 is 1.35 bits per heavy atom. The van der Waals surface area contributed by atoms with Crippen molar-refractivity contribution in [2.45, 2.75) is 51.7 Å². The van der Waals surface area contributed by atoms with Gasteiger partial charge >= 0.3 is 6.18 Å². The number of nitrogens with zero attached hydrogens (tertiary/aromatic N) is 2. The number of hydrogen-bond acceptors (Lipinski definition) is 1. The minimum atomic E-state index is -4.28. The highest BCUT2D eigenvalue weighted by atomic mass is 19.4. The fraction of sp³-hybridized carbons (Fsp3) is 0.750.